The maximum absolute atomic E-state index is 5.36. The van der Waals surface area contributed by atoms with Crippen molar-refractivity contribution in [3.05, 3.63) is 0 Å². The molecule has 1 heterocycles. The number of methoxy groups -OCH3 is 1. The first-order valence-corrected chi connectivity index (χ1v) is 8.28. The highest BCUT2D eigenvalue weighted by Crippen LogP contribution is 2.35. The van der Waals surface area contributed by atoms with Crippen LogP contribution < -0.4 is 5.32 Å². The summed E-state index contributed by atoms with van der Waals surface area (Å²) in [7, 11) is 1.81. The Morgan fingerprint density at radius 3 is 2.74 bits per heavy atom. The largest absolute Gasteiger partial charge is 0.383 e. The van der Waals surface area contributed by atoms with E-state index in [0.29, 0.717) is 6.04 Å². The summed E-state index contributed by atoms with van der Waals surface area (Å²) >= 11 is 0. The molecule has 3 atom stereocenters. The third-order valence-electron chi connectivity index (χ3n) is 4.90. The average Bonchev–Trinajstić information content (AvgIpc) is 2.45. The second kappa shape index (κ2) is 8.23. The SMILES string of the molecule is CCCNC(COC)CN1CCC2CCCCC2C1. The molecule has 3 nitrogen and oxygen atoms in total. The Labute approximate surface area is 119 Å². The fraction of sp³-hybridized carbons (Fsp3) is 1.00. The summed E-state index contributed by atoms with van der Waals surface area (Å²) in [6.45, 7) is 7.97. The molecular formula is C16H32N2O. The number of rotatable bonds is 7. The van der Waals surface area contributed by atoms with Gasteiger partial charge in [-0.2, -0.15) is 0 Å². The molecule has 0 radical (unpaired) electrons. The highest BCUT2D eigenvalue weighted by molar-refractivity contribution is 4.85. The minimum atomic E-state index is 0.505. The van der Waals surface area contributed by atoms with Crippen LogP contribution in [-0.2, 0) is 4.74 Å². The maximum Gasteiger partial charge on any atom is 0.0628 e. The number of hydrogen-bond acceptors (Lipinski definition) is 3. The molecule has 1 aliphatic carbocycles. The van der Waals surface area contributed by atoms with E-state index in [2.05, 4.69) is 17.1 Å². The van der Waals surface area contributed by atoms with Crippen LogP contribution in [0, 0.1) is 11.8 Å². The van der Waals surface area contributed by atoms with Gasteiger partial charge in [0.25, 0.3) is 0 Å². The molecule has 0 aromatic rings. The van der Waals surface area contributed by atoms with Gasteiger partial charge in [-0.1, -0.05) is 26.2 Å². The lowest BCUT2D eigenvalue weighted by atomic mass is 9.75. The van der Waals surface area contributed by atoms with Gasteiger partial charge in [-0.3, -0.25) is 0 Å². The first-order valence-electron chi connectivity index (χ1n) is 8.28. The number of hydrogen-bond donors (Lipinski definition) is 1. The molecule has 19 heavy (non-hydrogen) atoms. The van der Waals surface area contributed by atoms with Gasteiger partial charge in [0, 0.05) is 26.2 Å². The number of nitrogens with one attached hydrogen (secondary N) is 1. The second-order valence-electron chi connectivity index (χ2n) is 6.46. The number of ether oxygens (including phenoxy) is 1. The van der Waals surface area contributed by atoms with E-state index in [4.69, 9.17) is 4.74 Å². The highest BCUT2D eigenvalue weighted by Gasteiger charge is 2.31. The predicted octanol–water partition coefficient (Wildman–Crippen LogP) is 2.51. The molecule has 3 unspecified atom stereocenters. The molecule has 1 saturated heterocycles. The average molecular weight is 268 g/mol. The van der Waals surface area contributed by atoms with E-state index in [-0.39, 0.29) is 0 Å². The van der Waals surface area contributed by atoms with Crippen LogP contribution in [0.3, 0.4) is 0 Å². The molecule has 0 amide bonds. The Morgan fingerprint density at radius 1 is 1.21 bits per heavy atom. The first-order chi connectivity index (χ1) is 9.33. The number of likely N-dealkylation sites (tertiary alicyclic amines) is 1. The molecule has 0 bridgehead atoms. The number of fused-ring (bicyclic) bond motifs is 1. The molecule has 0 aromatic heterocycles. The molecule has 2 aliphatic rings. The molecule has 0 spiro atoms. The number of nitrogens with zero attached hydrogens (tertiary/aromatic N) is 1. The van der Waals surface area contributed by atoms with Crippen molar-refractivity contribution in [2.45, 2.75) is 51.5 Å². The van der Waals surface area contributed by atoms with Crippen molar-refractivity contribution >= 4 is 0 Å². The monoisotopic (exact) mass is 268 g/mol. The minimum absolute atomic E-state index is 0.505. The Hall–Kier alpha value is -0.120. The summed E-state index contributed by atoms with van der Waals surface area (Å²) in [6, 6.07) is 0.505. The van der Waals surface area contributed by atoms with Crippen molar-refractivity contribution in [3.8, 4) is 0 Å². The van der Waals surface area contributed by atoms with Gasteiger partial charge in [-0.15, -0.1) is 0 Å². The Kier molecular flexibility index (Phi) is 6.62. The standard InChI is InChI=1S/C16H32N2O/c1-3-9-17-16(13-19-2)12-18-10-8-14-6-4-5-7-15(14)11-18/h14-17H,3-13H2,1-2H3. The smallest absolute Gasteiger partial charge is 0.0628 e. The Morgan fingerprint density at radius 2 is 2.00 bits per heavy atom. The fourth-order valence-electron chi connectivity index (χ4n) is 3.88. The van der Waals surface area contributed by atoms with E-state index in [1.54, 1.807) is 0 Å². The third-order valence-corrected chi connectivity index (χ3v) is 4.90. The van der Waals surface area contributed by atoms with Crippen LogP contribution in [0.15, 0.2) is 0 Å². The molecule has 2 fully saturated rings. The molecule has 2 rings (SSSR count). The number of piperidine rings is 1. The summed E-state index contributed by atoms with van der Waals surface area (Å²) in [5.74, 6) is 2.02. The van der Waals surface area contributed by atoms with Gasteiger partial charge in [-0.05, 0) is 44.2 Å². The van der Waals surface area contributed by atoms with Crippen molar-refractivity contribution in [2.24, 2.45) is 11.8 Å². The van der Waals surface area contributed by atoms with Crippen LogP contribution in [0.25, 0.3) is 0 Å². The molecule has 112 valence electrons. The summed E-state index contributed by atoms with van der Waals surface area (Å²) in [4.78, 5) is 2.68. The van der Waals surface area contributed by atoms with Crippen LogP contribution in [0.2, 0.25) is 0 Å². The zero-order chi connectivity index (χ0) is 13.5. The quantitative estimate of drug-likeness (QED) is 0.768. The zero-order valence-corrected chi connectivity index (χ0v) is 12.9. The second-order valence-corrected chi connectivity index (χ2v) is 6.46. The van der Waals surface area contributed by atoms with Gasteiger partial charge in [0.05, 0.1) is 6.61 Å². The molecule has 1 aliphatic heterocycles. The molecule has 3 heteroatoms. The lowest BCUT2D eigenvalue weighted by Gasteiger charge is -2.42. The van der Waals surface area contributed by atoms with Gasteiger partial charge in [0.15, 0.2) is 0 Å². The van der Waals surface area contributed by atoms with Crippen molar-refractivity contribution < 1.29 is 4.74 Å². The highest BCUT2D eigenvalue weighted by atomic mass is 16.5. The van der Waals surface area contributed by atoms with E-state index in [1.807, 2.05) is 7.11 Å². The van der Waals surface area contributed by atoms with Gasteiger partial charge in [0.2, 0.25) is 0 Å². The zero-order valence-electron chi connectivity index (χ0n) is 12.9. The topological polar surface area (TPSA) is 24.5 Å². The predicted molar refractivity (Wildman–Crippen MR) is 80.5 cm³/mol. The van der Waals surface area contributed by atoms with Crippen molar-refractivity contribution in [3.63, 3.8) is 0 Å². The van der Waals surface area contributed by atoms with Crippen LogP contribution in [0.4, 0.5) is 0 Å². The normalized spacial score (nSPS) is 30.0. The molecule has 1 N–H and O–H groups in total. The van der Waals surface area contributed by atoms with Crippen molar-refractivity contribution in [2.75, 3.05) is 39.9 Å². The van der Waals surface area contributed by atoms with Crippen LogP contribution in [0.5, 0.6) is 0 Å². The van der Waals surface area contributed by atoms with E-state index in [0.717, 1.165) is 31.5 Å². The van der Waals surface area contributed by atoms with Crippen LogP contribution in [0.1, 0.15) is 45.4 Å². The van der Waals surface area contributed by atoms with E-state index in [1.165, 1.54) is 51.6 Å². The van der Waals surface area contributed by atoms with Crippen LogP contribution in [-0.4, -0.2) is 50.8 Å². The molecule has 1 saturated carbocycles. The summed E-state index contributed by atoms with van der Waals surface area (Å²) in [5.41, 5.74) is 0. The van der Waals surface area contributed by atoms with Gasteiger partial charge < -0.3 is 15.0 Å². The summed E-state index contributed by atoms with van der Waals surface area (Å²) in [5, 5.41) is 3.62. The van der Waals surface area contributed by atoms with Crippen molar-refractivity contribution in [1.29, 1.82) is 0 Å². The first kappa shape index (κ1) is 15.3. The van der Waals surface area contributed by atoms with Crippen LogP contribution >= 0.6 is 0 Å². The maximum atomic E-state index is 5.36. The van der Waals surface area contributed by atoms with Gasteiger partial charge in [0.1, 0.15) is 0 Å². The van der Waals surface area contributed by atoms with E-state index in [9.17, 15) is 0 Å². The van der Waals surface area contributed by atoms with Gasteiger partial charge >= 0.3 is 0 Å². The van der Waals surface area contributed by atoms with E-state index < -0.39 is 0 Å². The molecule has 0 aromatic carbocycles. The third kappa shape index (κ3) is 4.73. The lowest BCUT2D eigenvalue weighted by Crippen LogP contribution is -2.49. The minimum Gasteiger partial charge on any atom is -0.383 e. The Bertz CT molecular complexity index is 247. The van der Waals surface area contributed by atoms with Crippen molar-refractivity contribution in [1.82, 2.24) is 10.2 Å². The molecular weight excluding hydrogens is 236 g/mol. The van der Waals surface area contributed by atoms with E-state index >= 15 is 0 Å². The Balaban J connectivity index is 1.77. The summed E-state index contributed by atoms with van der Waals surface area (Å²) in [6.07, 6.45) is 8.53. The lowest BCUT2D eigenvalue weighted by molar-refractivity contribution is 0.0668. The van der Waals surface area contributed by atoms with Gasteiger partial charge in [-0.25, -0.2) is 0 Å². The summed E-state index contributed by atoms with van der Waals surface area (Å²) < 4.78 is 5.36. The fourth-order valence-corrected chi connectivity index (χ4v) is 3.88.